The van der Waals surface area contributed by atoms with E-state index in [9.17, 15) is 0 Å². The quantitative estimate of drug-likeness (QED) is 0.628. The maximum absolute atomic E-state index is 5.69. The first-order valence-electron chi connectivity index (χ1n) is 6.54. The zero-order valence-corrected chi connectivity index (χ0v) is 10.9. The van der Waals surface area contributed by atoms with Crippen molar-refractivity contribution in [2.75, 3.05) is 0 Å². The second-order valence-corrected chi connectivity index (χ2v) is 4.70. The molecule has 3 rings (SSSR count). The van der Waals surface area contributed by atoms with Gasteiger partial charge in [-0.1, -0.05) is 67.6 Å². The van der Waals surface area contributed by atoms with Crippen LogP contribution < -0.4 is 0 Å². The van der Waals surface area contributed by atoms with Crippen molar-refractivity contribution < 1.29 is 4.42 Å². The molecule has 1 unspecified atom stereocenters. The molecular formula is C18H16O. The summed E-state index contributed by atoms with van der Waals surface area (Å²) < 4.78 is 5.69. The van der Waals surface area contributed by atoms with Gasteiger partial charge in [0.05, 0.1) is 6.26 Å². The van der Waals surface area contributed by atoms with Crippen molar-refractivity contribution in [3.8, 4) is 11.3 Å². The van der Waals surface area contributed by atoms with Crippen molar-refractivity contribution in [2.45, 2.75) is 12.8 Å². The van der Waals surface area contributed by atoms with E-state index < -0.39 is 0 Å². The van der Waals surface area contributed by atoms with E-state index in [-0.39, 0.29) is 0 Å². The molecule has 1 nitrogen and oxygen atoms in total. The first-order valence-corrected chi connectivity index (χ1v) is 6.54. The molecule has 0 N–H and O–H groups in total. The van der Waals surface area contributed by atoms with Crippen LogP contribution in [0.3, 0.4) is 0 Å². The molecule has 0 aliphatic heterocycles. The molecule has 0 amide bonds. The van der Waals surface area contributed by atoms with Crippen LogP contribution in [0.25, 0.3) is 11.3 Å². The fraction of sp³-hybridized carbons (Fsp3) is 0.111. The normalized spacial score (nSPS) is 12.3. The lowest BCUT2D eigenvalue weighted by Crippen LogP contribution is -1.95. The predicted octanol–water partition coefficient (Wildman–Crippen LogP) is 5.10. The molecule has 0 aliphatic rings. The van der Waals surface area contributed by atoms with Crippen molar-refractivity contribution in [1.29, 1.82) is 0 Å². The van der Waals surface area contributed by atoms with Crippen LogP contribution >= 0.6 is 0 Å². The molecule has 3 aromatic rings. The molecule has 0 saturated heterocycles. The highest BCUT2D eigenvalue weighted by Crippen LogP contribution is 2.33. The van der Waals surface area contributed by atoms with E-state index in [1.54, 1.807) is 6.26 Å². The Morgan fingerprint density at radius 1 is 0.789 bits per heavy atom. The van der Waals surface area contributed by atoms with Crippen LogP contribution in [0.4, 0.5) is 0 Å². The number of benzene rings is 2. The molecule has 1 atom stereocenters. The van der Waals surface area contributed by atoms with Gasteiger partial charge in [-0.3, -0.25) is 0 Å². The van der Waals surface area contributed by atoms with E-state index in [1.807, 2.05) is 24.3 Å². The predicted molar refractivity (Wildman–Crippen MR) is 78.1 cm³/mol. The van der Waals surface area contributed by atoms with Gasteiger partial charge in [-0.2, -0.15) is 0 Å². The molecule has 1 heterocycles. The average molecular weight is 248 g/mol. The van der Waals surface area contributed by atoms with Gasteiger partial charge in [0.15, 0.2) is 0 Å². The SMILES string of the molecule is CC(c1ccccc1)c1ccoc1-c1ccccc1. The Bertz CT molecular complexity index is 638. The number of hydrogen-bond acceptors (Lipinski definition) is 1. The molecule has 0 saturated carbocycles. The Hall–Kier alpha value is -2.28. The van der Waals surface area contributed by atoms with Crippen molar-refractivity contribution in [1.82, 2.24) is 0 Å². The maximum Gasteiger partial charge on any atom is 0.137 e. The fourth-order valence-electron chi connectivity index (χ4n) is 2.41. The summed E-state index contributed by atoms with van der Waals surface area (Å²) in [5.41, 5.74) is 3.67. The Kier molecular flexibility index (Phi) is 3.20. The third-order valence-electron chi connectivity index (χ3n) is 3.50. The zero-order valence-electron chi connectivity index (χ0n) is 10.9. The molecule has 0 fully saturated rings. The molecule has 1 heteroatoms. The second kappa shape index (κ2) is 5.15. The van der Waals surface area contributed by atoms with E-state index in [0.29, 0.717) is 5.92 Å². The summed E-state index contributed by atoms with van der Waals surface area (Å²) in [4.78, 5) is 0. The second-order valence-electron chi connectivity index (χ2n) is 4.70. The molecule has 2 aromatic carbocycles. The van der Waals surface area contributed by atoms with E-state index >= 15 is 0 Å². The van der Waals surface area contributed by atoms with Crippen LogP contribution in [-0.2, 0) is 0 Å². The lowest BCUT2D eigenvalue weighted by Gasteiger charge is -2.12. The topological polar surface area (TPSA) is 13.1 Å². The fourth-order valence-corrected chi connectivity index (χ4v) is 2.41. The van der Waals surface area contributed by atoms with E-state index in [2.05, 4.69) is 49.4 Å². The van der Waals surface area contributed by atoms with Crippen molar-refractivity contribution in [3.63, 3.8) is 0 Å². The highest BCUT2D eigenvalue weighted by Gasteiger charge is 2.16. The van der Waals surface area contributed by atoms with Gasteiger partial charge >= 0.3 is 0 Å². The Morgan fingerprint density at radius 3 is 2.11 bits per heavy atom. The van der Waals surface area contributed by atoms with E-state index in [1.165, 1.54) is 11.1 Å². The van der Waals surface area contributed by atoms with Crippen LogP contribution in [-0.4, -0.2) is 0 Å². The van der Waals surface area contributed by atoms with Gasteiger partial charge in [0.2, 0.25) is 0 Å². The molecule has 0 spiro atoms. The molecule has 0 aliphatic carbocycles. The summed E-state index contributed by atoms with van der Waals surface area (Å²) in [7, 11) is 0. The van der Waals surface area contributed by atoms with Crippen molar-refractivity contribution >= 4 is 0 Å². The van der Waals surface area contributed by atoms with Gasteiger partial charge in [0, 0.05) is 17.0 Å². The van der Waals surface area contributed by atoms with E-state index in [4.69, 9.17) is 4.42 Å². The highest BCUT2D eigenvalue weighted by molar-refractivity contribution is 5.63. The maximum atomic E-state index is 5.69. The van der Waals surface area contributed by atoms with Gasteiger partial charge < -0.3 is 4.42 Å². The minimum atomic E-state index is 0.329. The average Bonchev–Trinajstić information content (AvgIpc) is 2.98. The zero-order chi connectivity index (χ0) is 13.1. The molecule has 94 valence electrons. The number of furan rings is 1. The Labute approximate surface area is 113 Å². The van der Waals surface area contributed by atoms with Gasteiger partial charge in [-0.25, -0.2) is 0 Å². The Balaban J connectivity index is 2.01. The number of rotatable bonds is 3. The van der Waals surface area contributed by atoms with E-state index in [0.717, 1.165) is 11.3 Å². The molecule has 1 aromatic heterocycles. The molecule has 0 bridgehead atoms. The van der Waals surface area contributed by atoms with Crippen LogP contribution in [0.2, 0.25) is 0 Å². The minimum Gasteiger partial charge on any atom is -0.464 e. The van der Waals surface area contributed by atoms with Gasteiger partial charge in [-0.05, 0) is 11.6 Å². The lowest BCUT2D eigenvalue weighted by atomic mass is 9.92. The summed E-state index contributed by atoms with van der Waals surface area (Å²) in [6.45, 7) is 2.21. The summed E-state index contributed by atoms with van der Waals surface area (Å²) in [5, 5.41) is 0. The first kappa shape index (κ1) is 11.8. The molecule has 0 radical (unpaired) electrons. The lowest BCUT2D eigenvalue weighted by molar-refractivity contribution is 0.578. The Morgan fingerprint density at radius 2 is 1.42 bits per heavy atom. The number of hydrogen-bond donors (Lipinski definition) is 0. The summed E-state index contributed by atoms with van der Waals surface area (Å²) in [6, 6.07) is 22.8. The summed E-state index contributed by atoms with van der Waals surface area (Å²) in [6.07, 6.45) is 1.77. The van der Waals surface area contributed by atoms with Gasteiger partial charge in [0.25, 0.3) is 0 Å². The monoisotopic (exact) mass is 248 g/mol. The van der Waals surface area contributed by atoms with Crippen LogP contribution in [0.5, 0.6) is 0 Å². The third kappa shape index (κ3) is 2.32. The third-order valence-corrected chi connectivity index (χ3v) is 3.50. The minimum absolute atomic E-state index is 0.329. The van der Waals surface area contributed by atoms with Crippen molar-refractivity contribution in [3.05, 3.63) is 84.1 Å². The smallest absolute Gasteiger partial charge is 0.137 e. The van der Waals surface area contributed by atoms with Crippen LogP contribution in [0, 0.1) is 0 Å². The van der Waals surface area contributed by atoms with Gasteiger partial charge in [0.1, 0.15) is 5.76 Å². The van der Waals surface area contributed by atoms with Gasteiger partial charge in [-0.15, -0.1) is 0 Å². The van der Waals surface area contributed by atoms with Crippen LogP contribution in [0.15, 0.2) is 77.4 Å². The standard InChI is InChI=1S/C18H16O/c1-14(15-8-4-2-5-9-15)17-12-13-19-18(17)16-10-6-3-7-11-16/h2-14H,1H3. The van der Waals surface area contributed by atoms with Crippen molar-refractivity contribution in [2.24, 2.45) is 0 Å². The summed E-state index contributed by atoms with van der Waals surface area (Å²) >= 11 is 0. The molecular weight excluding hydrogens is 232 g/mol. The largest absolute Gasteiger partial charge is 0.464 e. The molecule has 19 heavy (non-hydrogen) atoms. The highest BCUT2D eigenvalue weighted by atomic mass is 16.3. The first-order chi connectivity index (χ1) is 9.36. The van der Waals surface area contributed by atoms with Crippen LogP contribution in [0.1, 0.15) is 24.0 Å². The summed E-state index contributed by atoms with van der Waals surface area (Å²) in [5.74, 6) is 1.30.